The number of benzene rings is 2. The molecule has 5 heteroatoms. The van der Waals surface area contributed by atoms with Crippen LogP contribution in [0.25, 0.3) is 0 Å². The fraction of sp³-hybridized carbons (Fsp3) is 0.176. The van der Waals surface area contributed by atoms with Crippen molar-refractivity contribution in [3.63, 3.8) is 0 Å². The Morgan fingerprint density at radius 3 is 2.41 bits per heavy atom. The molecule has 0 radical (unpaired) electrons. The van der Waals surface area contributed by atoms with Crippen LogP contribution in [0.5, 0.6) is 5.75 Å². The summed E-state index contributed by atoms with van der Waals surface area (Å²) in [6, 6.07) is 14.0. The van der Waals surface area contributed by atoms with Crippen molar-refractivity contribution in [2.24, 2.45) is 0 Å². The molecule has 0 aliphatic carbocycles. The van der Waals surface area contributed by atoms with Crippen LogP contribution in [-0.4, -0.2) is 24.0 Å². The summed E-state index contributed by atoms with van der Waals surface area (Å²) in [5, 5.41) is 8.97. The van der Waals surface area contributed by atoms with Gasteiger partial charge in [-0.25, -0.2) is 4.79 Å². The van der Waals surface area contributed by atoms with Gasteiger partial charge in [0.15, 0.2) is 5.78 Å². The normalized spacial score (nSPS) is 10.1. The zero-order chi connectivity index (χ0) is 16.1. The van der Waals surface area contributed by atoms with Crippen LogP contribution >= 0.6 is 0 Å². The summed E-state index contributed by atoms with van der Waals surface area (Å²) in [7, 11) is 1.49. The molecule has 2 aromatic carbocycles. The second kappa shape index (κ2) is 6.76. The first kappa shape index (κ1) is 15.6. The second-order valence-corrected chi connectivity index (χ2v) is 4.88. The van der Waals surface area contributed by atoms with Gasteiger partial charge in [0, 0.05) is 18.3 Å². The molecule has 5 nitrogen and oxygen atoms in total. The zero-order valence-corrected chi connectivity index (χ0v) is 12.4. The number of ketones is 1. The van der Waals surface area contributed by atoms with Gasteiger partial charge >= 0.3 is 6.09 Å². The van der Waals surface area contributed by atoms with Crippen LogP contribution in [0.3, 0.4) is 0 Å². The Morgan fingerprint density at radius 2 is 1.82 bits per heavy atom. The number of carbonyl (C=O) groups excluding carboxylic acids is 1. The third kappa shape index (κ3) is 3.85. The lowest BCUT2D eigenvalue weighted by Gasteiger charge is -2.14. The van der Waals surface area contributed by atoms with E-state index in [1.165, 1.54) is 14.0 Å². The number of carbonyl (C=O) groups is 2. The van der Waals surface area contributed by atoms with Crippen molar-refractivity contribution in [2.45, 2.75) is 13.5 Å². The van der Waals surface area contributed by atoms with Crippen LogP contribution in [0.1, 0.15) is 22.8 Å². The molecule has 0 spiro atoms. The highest BCUT2D eigenvalue weighted by Gasteiger charge is 2.08. The van der Waals surface area contributed by atoms with E-state index in [1.54, 1.807) is 42.5 Å². The Hall–Kier alpha value is -2.82. The first-order valence-corrected chi connectivity index (χ1v) is 6.77. The molecule has 0 saturated heterocycles. The lowest BCUT2D eigenvalue weighted by molar-refractivity contribution is 0.101. The van der Waals surface area contributed by atoms with Crippen LogP contribution in [0.4, 0.5) is 10.5 Å². The molecule has 0 aliphatic rings. The van der Waals surface area contributed by atoms with Gasteiger partial charge in [-0.15, -0.1) is 0 Å². The number of amides is 1. The SMILES string of the molecule is CC(=O)c1ccc(OCc2cccc(N(C)C(=O)O)c2)cc1. The van der Waals surface area contributed by atoms with Crippen molar-refractivity contribution in [3.05, 3.63) is 59.7 Å². The van der Waals surface area contributed by atoms with Gasteiger partial charge in [0.2, 0.25) is 0 Å². The molecular weight excluding hydrogens is 282 g/mol. The number of rotatable bonds is 5. The minimum atomic E-state index is -1.02. The van der Waals surface area contributed by atoms with E-state index in [-0.39, 0.29) is 5.78 Å². The molecule has 0 atom stereocenters. The third-order valence-corrected chi connectivity index (χ3v) is 3.25. The largest absolute Gasteiger partial charge is 0.489 e. The average molecular weight is 299 g/mol. The molecule has 1 amide bonds. The predicted octanol–water partition coefficient (Wildman–Crippen LogP) is 3.58. The van der Waals surface area contributed by atoms with E-state index in [0.717, 1.165) is 10.5 Å². The van der Waals surface area contributed by atoms with Crippen LogP contribution in [0.15, 0.2) is 48.5 Å². The summed E-state index contributed by atoms with van der Waals surface area (Å²) in [5.41, 5.74) is 2.08. The standard InChI is InChI=1S/C17H17NO4/c1-12(19)14-6-8-16(9-7-14)22-11-13-4-3-5-15(10-13)18(2)17(20)21/h3-10H,11H2,1-2H3,(H,20,21). The van der Waals surface area contributed by atoms with Crippen molar-refractivity contribution in [3.8, 4) is 5.75 Å². The molecule has 114 valence electrons. The summed E-state index contributed by atoms with van der Waals surface area (Å²) in [6.45, 7) is 1.83. The molecule has 2 aromatic rings. The average Bonchev–Trinajstić information content (AvgIpc) is 2.52. The molecule has 0 aliphatic heterocycles. The molecule has 2 rings (SSSR count). The third-order valence-electron chi connectivity index (χ3n) is 3.25. The minimum absolute atomic E-state index is 0.0101. The number of ether oxygens (including phenoxy) is 1. The molecule has 0 saturated carbocycles. The number of carboxylic acid groups (broad SMARTS) is 1. The van der Waals surface area contributed by atoms with E-state index in [4.69, 9.17) is 9.84 Å². The summed E-state index contributed by atoms with van der Waals surface area (Å²) < 4.78 is 5.64. The molecule has 0 aromatic heterocycles. The molecule has 0 heterocycles. The first-order chi connectivity index (χ1) is 10.5. The van der Waals surface area contributed by atoms with Crippen LogP contribution in [0.2, 0.25) is 0 Å². The van der Waals surface area contributed by atoms with Gasteiger partial charge in [0.05, 0.1) is 0 Å². The summed E-state index contributed by atoms with van der Waals surface area (Å²) >= 11 is 0. The van der Waals surface area contributed by atoms with E-state index in [9.17, 15) is 9.59 Å². The Labute approximate surface area is 128 Å². The van der Waals surface area contributed by atoms with Gasteiger partial charge in [0.25, 0.3) is 0 Å². The summed E-state index contributed by atoms with van der Waals surface area (Å²) in [6.07, 6.45) is -1.02. The minimum Gasteiger partial charge on any atom is -0.489 e. The molecule has 0 bridgehead atoms. The Balaban J connectivity index is 2.03. The summed E-state index contributed by atoms with van der Waals surface area (Å²) in [5.74, 6) is 0.665. The number of hydrogen-bond donors (Lipinski definition) is 1. The first-order valence-electron chi connectivity index (χ1n) is 6.77. The monoisotopic (exact) mass is 299 g/mol. The highest BCUT2D eigenvalue weighted by atomic mass is 16.5. The van der Waals surface area contributed by atoms with Gasteiger partial charge in [-0.2, -0.15) is 0 Å². The van der Waals surface area contributed by atoms with Crippen molar-refractivity contribution in [1.82, 2.24) is 0 Å². The van der Waals surface area contributed by atoms with Crippen LogP contribution in [-0.2, 0) is 6.61 Å². The Kier molecular flexibility index (Phi) is 4.78. The van der Waals surface area contributed by atoms with E-state index in [0.29, 0.717) is 23.6 Å². The van der Waals surface area contributed by atoms with Gasteiger partial charge in [-0.05, 0) is 48.9 Å². The second-order valence-electron chi connectivity index (χ2n) is 4.88. The maximum atomic E-state index is 11.2. The topological polar surface area (TPSA) is 66.8 Å². The molecule has 0 fully saturated rings. The maximum absolute atomic E-state index is 11.2. The smallest absolute Gasteiger partial charge is 0.411 e. The Bertz CT molecular complexity index is 679. The molecule has 22 heavy (non-hydrogen) atoms. The predicted molar refractivity (Wildman–Crippen MR) is 83.6 cm³/mol. The lowest BCUT2D eigenvalue weighted by atomic mass is 10.1. The zero-order valence-electron chi connectivity index (χ0n) is 12.4. The van der Waals surface area contributed by atoms with E-state index in [2.05, 4.69) is 0 Å². The molecule has 0 unspecified atom stereocenters. The van der Waals surface area contributed by atoms with Crippen LogP contribution in [0, 0.1) is 0 Å². The quantitative estimate of drug-likeness (QED) is 0.857. The highest BCUT2D eigenvalue weighted by molar-refractivity contribution is 5.94. The summed E-state index contributed by atoms with van der Waals surface area (Å²) in [4.78, 5) is 23.3. The number of nitrogens with zero attached hydrogens (tertiary/aromatic N) is 1. The van der Waals surface area contributed by atoms with E-state index < -0.39 is 6.09 Å². The van der Waals surface area contributed by atoms with Crippen LogP contribution < -0.4 is 9.64 Å². The van der Waals surface area contributed by atoms with Gasteiger partial charge < -0.3 is 9.84 Å². The highest BCUT2D eigenvalue weighted by Crippen LogP contribution is 2.18. The van der Waals surface area contributed by atoms with Crippen molar-refractivity contribution in [2.75, 3.05) is 11.9 Å². The number of hydrogen-bond acceptors (Lipinski definition) is 3. The van der Waals surface area contributed by atoms with E-state index >= 15 is 0 Å². The van der Waals surface area contributed by atoms with Gasteiger partial charge in [-0.3, -0.25) is 9.69 Å². The molecular formula is C17H17NO4. The maximum Gasteiger partial charge on any atom is 0.411 e. The number of anilines is 1. The van der Waals surface area contributed by atoms with Crippen molar-refractivity contribution < 1.29 is 19.4 Å². The Morgan fingerprint density at radius 1 is 1.14 bits per heavy atom. The lowest BCUT2D eigenvalue weighted by Crippen LogP contribution is -2.23. The van der Waals surface area contributed by atoms with Crippen molar-refractivity contribution in [1.29, 1.82) is 0 Å². The van der Waals surface area contributed by atoms with Gasteiger partial charge in [0.1, 0.15) is 12.4 Å². The number of Topliss-reactive ketones (excluding diaryl/α,β-unsaturated/α-hetero) is 1. The fourth-order valence-corrected chi connectivity index (χ4v) is 1.92. The molecule has 1 N–H and O–H groups in total. The fourth-order valence-electron chi connectivity index (χ4n) is 1.92. The van der Waals surface area contributed by atoms with Gasteiger partial charge in [-0.1, -0.05) is 12.1 Å². The van der Waals surface area contributed by atoms with E-state index in [1.807, 2.05) is 6.07 Å². The van der Waals surface area contributed by atoms with Crippen molar-refractivity contribution >= 4 is 17.6 Å².